The van der Waals surface area contributed by atoms with Crippen molar-refractivity contribution >= 4 is 21.8 Å². The summed E-state index contributed by atoms with van der Waals surface area (Å²) in [5.74, 6) is -0.294. The van der Waals surface area contributed by atoms with Crippen LogP contribution in [0.4, 0.5) is 4.39 Å². The minimum atomic E-state index is -0.358. The molecule has 2 heterocycles. The van der Waals surface area contributed by atoms with Crippen LogP contribution in [-0.2, 0) is 13.1 Å². The molecule has 2 aromatic heterocycles. The van der Waals surface area contributed by atoms with Crippen LogP contribution in [0.1, 0.15) is 23.1 Å². The van der Waals surface area contributed by atoms with E-state index in [1.165, 1.54) is 18.2 Å². The van der Waals surface area contributed by atoms with E-state index in [9.17, 15) is 9.18 Å². The fraction of sp³-hybridized carbons (Fsp3) is 0.188. The second-order valence-corrected chi connectivity index (χ2v) is 5.88. The molecule has 8 heteroatoms. The largest absolute Gasteiger partial charge is 0.355 e. The topological polar surface area (TPSA) is 73.0 Å². The molecule has 3 rings (SSSR count). The van der Waals surface area contributed by atoms with Crippen LogP contribution in [0, 0.1) is 5.82 Å². The smallest absolute Gasteiger partial charge is 0.273 e. The monoisotopic (exact) mass is 392 g/mol. The van der Waals surface area contributed by atoms with Crippen molar-refractivity contribution in [1.29, 1.82) is 0 Å². The zero-order valence-electron chi connectivity index (χ0n) is 12.8. The van der Waals surface area contributed by atoms with E-state index < -0.39 is 0 Å². The van der Waals surface area contributed by atoms with E-state index in [-0.39, 0.29) is 17.4 Å². The first kappa shape index (κ1) is 16.4. The molecule has 1 aromatic carbocycles. The molecule has 3 aromatic rings. The van der Waals surface area contributed by atoms with Gasteiger partial charge in [-0.3, -0.25) is 9.48 Å². The highest BCUT2D eigenvalue weighted by Gasteiger charge is 2.15. The lowest BCUT2D eigenvalue weighted by Crippen LogP contribution is -2.24. The quantitative estimate of drug-likeness (QED) is 0.721. The Kier molecular flexibility index (Phi) is 4.75. The third-order valence-electron chi connectivity index (χ3n) is 3.49. The van der Waals surface area contributed by atoms with Crippen molar-refractivity contribution in [1.82, 2.24) is 20.3 Å². The Labute approximate surface area is 145 Å². The number of amides is 1. The predicted octanol–water partition coefficient (Wildman–Crippen LogP) is 3.39. The van der Waals surface area contributed by atoms with Gasteiger partial charge in [0, 0.05) is 18.2 Å². The van der Waals surface area contributed by atoms with Gasteiger partial charge in [0.25, 0.3) is 5.91 Å². The van der Waals surface area contributed by atoms with Gasteiger partial charge in [-0.25, -0.2) is 4.39 Å². The fourth-order valence-electron chi connectivity index (χ4n) is 2.22. The molecule has 1 N–H and O–H groups in total. The maximum Gasteiger partial charge on any atom is 0.273 e. The van der Waals surface area contributed by atoms with Crippen LogP contribution in [0.15, 0.2) is 45.5 Å². The second-order valence-electron chi connectivity index (χ2n) is 5.02. The van der Waals surface area contributed by atoms with Crippen LogP contribution >= 0.6 is 15.9 Å². The number of aromatic nitrogens is 3. The van der Waals surface area contributed by atoms with E-state index in [2.05, 4.69) is 31.5 Å². The van der Waals surface area contributed by atoms with Crippen LogP contribution in [0.25, 0.3) is 11.3 Å². The zero-order valence-corrected chi connectivity index (χ0v) is 14.4. The lowest BCUT2D eigenvalue weighted by molar-refractivity contribution is 0.0941. The molecule has 0 bridgehead atoms. The Morgan fingerprint density at radius 1 is 1.38 bits per heavy atom. The van der Waals surface area contributed by atoms with E-state index in [0.717, 1.165) is 10.2 Å². The average Bonchev–Trinajstić information content (AvgIpc) is 3.20. The molecule has 0 aliphatic carbocycles. The van der Waals surface area contributed by atoms with E-state index in [1.807, 2.05) is 6.92 Å². The van der Waals surface area contributed by atoms with Gasteiger partial charge >= 0.3 is 0 Å². The minimum Gasteiger partial charge on any atom is -0.355 e. The van der Waals surface area contributed by atoms with Gasteiger partial charge in [-0.05, 0) is 47.1 Å². The van der Waals surface area contributed by atoms with Crippen molar-refractivity contribution in [2.45, 2.75) is 20.0 Å². The molecule has 0 unspecified atom stereocenters. The number of rotatable bonds is 5. The highest BCUT2D eigenvalue weighted by atomic mass is 79.9. The van der Waals surface area contributed by atoms with Crippen LogP contribution in [0.2, 0.25) is 0 Å². The molecular weight excluding hydrogens is 379 g/mol. The molecule has 0 aliphatic rings. The molecule has 0 radical (unpaired) electrons. The number of hydrogen-bond acceptors (Lipinski definition) is 4. The molecule has 0 aliphatic heterocycles. The third-order valence-corrected chi connectivity index (χ3v) is 4.15. The van der Waals surface area contributed by atoms with Gasteiger partial charge in [0.15, 0.2) is 11.5 Å². The number of carbonyl (C=O) groups is 1. The summed E-state index contributed by atoms with van der Waals surface area (Å²) in [6.45, 7) is 2.98. The van der Waals surface area contributed by atoms with E-state index in [0.29, 0.717) is 24.4 Å². The molecule has 0 atom stereocenters. The van der Waals surface area contributed by atoms with Gasteiger partial charge in [-0.2, -0.15) is 5.10 Å². The minimum absolute atomic E-state index is 0.160. The number of halogens is 2. The van der Waals surface area contributed by atoms with E-state index >= 15 is 0 Å². The number of aryl methyl sites for hydroxylation is 1. The fourth-order valence-corrected chi connectivity index (χ4v) is 2.66. The molecule has 0 fully saturated rings. The van der Waals surface area contributed by atoms with Crippen LogP contribution in [0.5, 0.6) is 0 Å². The third kappa shape index (κ3) is 3.38. The summed E-state index contributed by atoms with van der Waals surface area (Å²) in [6.07, 6.45) is 1.69. The van der Waals surface area contributed by atoms with Gasteiger partial charge in [-0.15, -0.1) is 0 Å². The summed E-state index contributed by atoms with van der Waals surface area (Å²) in [7, 11) is 0. The Balaban J connectivity index is 1.70. The molecule has 6 nitrogen and oxygen atoms in total. The standard InChI is InChI=1S/C16H14BrFN4O2/c1-2-22-14(12(17)8-20-22)9-19-16(23)13-7-15(24-21-13)10-3-5-11(18)6-4-10/h3-8H,2,9H2,1H3,(H,19,23). The normalized spacial score (nSPS) is 10.8. The second kappa shape index (κ2) is 6.96. The maximum atomic E-state index is 12.9. The number of nitrogens with one attached hydrogen (secondary N) is 1. The highest BCUT2D eigenvalue weighted by Crippen LogP contribution is 2.21. The van der Waals surface area contributed by atoms with E-state index in [4.69, 9.17) is 4.52 Å². The van der Waals surface area contributed by atoms with Gasteiger partial charge in [-0.1, -0.05) is 5.16 Å². The van der Waals surface area contributed by atoms with Crippen molar-refractivity contribution in [3.8, 4) is 11.3 Å². The lowest BCUT2D eigenvalue weighted by atomic mass is 10.1. The average molecular weight is 393 g/mol. The summed E-state index contributed by atoms with van der Waals surface area (Å²) in [5.41, 5.74) is 1.68. The molecule has 0 spiro atoms. The Bertz CT molecular complexity index is 857. The number of nitrogens with zero attached hydrogens (tertiary/aromatic N) is 3. The summed E-state index contributed by atoms with van der Waals surface area (Å²) >= 11 is 3.41. The number of hydrogen-bond donors (Lipinski definition) is 1. The van der Waals surface area contributed by atoms with Crippen molar-refractivity contribution in [3.05, 3.63) is 58.2 Å². The molecule has 124 valence electrons. The first-order valence-electron chi connectivity index (χ1n) is 7.29. The number of carbonyl (C=O) groups excluding carboxylic acids is 1. The summed E-state index contributed by atoms with van der Waals surface area (Å²) < 4.78 is 20.7. The molecule has 1 amide bonds. The van der Waals surface area contributed by atoms with Crippen molar-refractivity contribution < 1.29 is 13.7 Å². The summed E-state index contributed by atoms with van der Waals surface area (Å²) in [6, 6.07) is 7.29. The molecular formula is C16H14BrFN4O2. The van der Waals surface area contributed by atoms with Crippen LogP contribution < -0.4 is 5.32 Å². The van der Waals surface area contributed by atoms with Gasteiger partial charge in [0.05, 0.1) is 22.9 Å². The van der Waals surface area contributed by atoms with Gasteiger partial charge < -0.3 is 9.84 Å². The van der Waals surface area contributed by atoms with Crippen LogP contribution in [0.3, 0.4) is 0 Å². The summed E-state index contributed by atoms with van der Waals surface area (Å²) in [4.78, 5) is 12.2. The van der Waals surface area contributed by atoms with E-state index in [1.54, 1.807) is 23.0 Å². The summed E-state index contributed by atoms with van der Waals surface area (Å²) in [5, 5.41) is 10.7. The molecule has 0 saturated carbocycles. The number of benzene rings is 1. The Morgan fingerprint density at radius 2 is 2.12 bits per heavy atom. The zero-order chi connectivity index (χ0) is 17.1. The first-order valence-corrected chi connectivity index (χ1v) is 8.09. The Morgan fingerprint density at radius 3 is 2.83 bits per heavy atom. The first-order chi connectivity index (χ1) is 11.6. The van der Waals surface area contributed by atoms with Crippen molar-refractivity contribution in [2.75, 3.05) is 0 Å². The predicted molar refractivity (Wildman–Crippen MR) is 88.7 cm³/mol. The Hall–Kier alpha value is -2.48. The van der Waals surface area contributed by atoms with Crippen LogP contribution in [-0.4, -0.2) is 20.8 Å². The van der Waals surface area contributed by atoms with Gasteiger partial charge in [0.2, 0.25) is 0 Å². The van der Waals surface area contributed by atoms with Gasteiger partial charge in [0.1, 0.15) is 5.82 Å². The van der Waals surface area contributed by atoms with Crippen molar-refractivity contribution in [3.63, 3.8) is 0 Å². The maximum absolute atomic E-state index is 12.9. The highest BCUT2D eigenvalue weighted by molar-refractivity contribution is 9.10. The SMILES string of the molecule is CCn1ncc(Br)c1CNC(=O)c1cc(-c2ccc(F)cc2)on1. The molecule has 0 saturated heterocycles. The molecule has 24 heavy (non-hydrogen) atoms. The lowest BCUT2D eigenvalue weighted by Gasteiger charge is -2.06. The van der Waals surface area contributed by atoms with Crippen molar-refractivity contribution in [2.24, 2.45) is 0 Å².